The molecule has 0 amide bonds. The van der Waals surface area contributed by atoms with Crippen LogP contribution in [0.15, 0.2) is 0 Å². The first-order valence-corrected chi connectivity index (χ1v) is 9.41. The van der Waals surface area contributed by atoms with Crippen LogP contribution in [0.4, 0.5) is 0 Å². The number of nitrogens with zero attached hydrogens (tertiary/aromatic N) is 1. The van der Waals surface area contributed by atoms with Gasteiger partial charge in [-0.1, -0.05) is 34.6 Å². The van der Waals surface area contributed by atoms with E-state index >= 15 is 0 Å². The summed E-state index contributed by atoms with van der Waals surface area (Å²) in [6.07, 6.45) is 0. The fourth-order valence-electron chi connectivity index (χ4n) is 2.34. The minimum Gasteiger partial charge on any atom is -0.383 e. The summed E-state index contributed by atoms with van der Waals surface area (Å²) < 4.78 is 14.8. The summed E-state index contributed by atoms with van der Waals surface area (Å²) in [4.78, 5) is 0. The van der Waals surface area contributed by atoms with Gasteiger partial charge in [-0.15, -0.1) is 0 Å². The Morgan fingerprint density at radius 2 is 1.22 bits per heavy atom. The zero-order valence-corrected chi connectivity index (χ0v) is 14.5. The molecule has 0 spiro atoms. The Bertz CT molecular complexity index is 194. The van der Waals surface area contributed by atoms with Crippen molar-refractivity contribution in [3.05, 3.63) is 0 Å². The van der Waals surface area contributed by atoms with Gasteiger partial charge in [0.05, 0.1) is 0 Å². The molecule has 0 aromatic heterocycles. The van der Waals surface area contributed by atoms with Gasteiger partial charge in [0, 0.05) is 19.3 Å². The molecular weight excluding hydrogens is 242 g/mol. The fourth-order valence-corrected chi connectivity index (χ4v) is 5.83. The largest absolute Gasteiger partial charge is 0.427 e. The molecule has 0 N–H and O–H groups in total. The van der Waals surface area contributed by atoms with Crippen molar-refractivity contribution < 1.29 is 8.85 Å². The Kier molecular flexibility index (Phi) is 9.12. The van der Waals surface area contributed by atoms with E-state index in [1.54, 1.807) is 0 Å². The average molecular weight is 276 g/mol. The van der Waals surface area contributed by atoms with Gasteiger partial charge in [0.25, 0.3) is 0 Å². The molecule has 0 atom stereocenters. The van der Waals surface area contributed by atoms with Crippen molar-refractivity contribution >= 4 is 8.72 Å². The summed E-state index contributed by atoms with van der Waals surface area (Å²) in [7, 11) is -2.19. The predicted octanol–water partition coefficient (Wildman–Crippen LogP) is 3.63. The SMILES string of the molecule is CCO[Si](CC)(OCC)N(CC(C)C)CC(C)C. The molecule has 3 nitrogen and oxygen atoms in total. The molecule has 110 valence electrons. The van der Waals surface area contributed by atoms with E-state index in [0.717, 1.165) is 32.3 Å². The predicted molar refractivity (Wildman–Crippen MR) is 80.7 cm³/mol. The molecule has 0 aliphatic rings. The Morgan fingerprint density at radius 1 is 0.833 bits per heavy atom. The van der Waals surface area contributed by atoms with Gasteiger partial charge in [0.1, 0.15) is 0 Å². The highest BCUT2D eigenvalue weighted by molar-refractivity contribution is 6.64. The van der Waals surface area contributed by atoms with Gasteiger partial charge in [-0.05, 0) is 38.8 Å². The molecule has 0 aromatic carbocycles. The van der Waals surface area contributed by atoms with Crippen molar-refractivity contribution in [2.24, 2.45) is 11.8 Å². The Labute approximate surface area is 115 Å². The van der Waals surface area contributed by atoms with Crippen LogP contribution in [0.2, 0.25) is 6.04 Å². The van der Waals surface area contributed by atoms with E-state index in [0.29, 0.717) is 11.8 Å². The third kappa shape index (κ3) is 5.82. The van der Waals surface area contributed by atoms with Crippen LogP contribution in [-0.2, 0) is 8.85 Å². The molecule has 0 aromatic rings. The van der Waals surface area contributed by atoms with Crippen molar-refractivity contribution in [2.75, 3.05) is 26.3 Å². The third-order valence-corrected chi connectivity index (χ3v) is 6.54. The van der Waals surface area contributed by atoms with Gasteiger partial charge in [0.15, 0.2) is 0 Å². The van der Waals surface area contributed by atoms with Crippen LogP contribution >= 0.6 is 0 Å². The summed E-state index contributed by atoms with van der Waals surface area (Å²) in [5.74, 6) is 1.28. The standard InChI is InChI=1S/C14H33NO2Si/c1-8-16-18(10-3,17-9-2)15(11-13(4)5)12-14(6)7/h13-14H,8-12H2,1-7H3. The van der Waals surface area contributed by atoms with Gasteiger partial charge in [-0.2, -0.15) is 0 Å². The molecule has 0 aliphatic heterocycles. The molecule has 0 saturated carbocycles. The number of rotatable bonds is 10. The average Bonchev–Trinajstić information content (AvgIpc) is 2.26. The minimum atomic E-state index is -2.19. The molecule has 0 heterocycles. The lowest BCUT2D eigenvalue weighted by Gasteiger charge is -2.40. The van der Waals surface area contributed by atoms with E-state index in [-0.39, 0.29) is 0 Å². The maximum Gasteiger partial charge on any atom is 0.427 e. The van der Waals surface area contributed by atoms with Crippen LogP contribution in [0, 0.1) is 11.8 Å². The molecule has 0 fully saturated rings. The highest BCUT2D eigenvalue weighted by Gasteiger charge is 2.43. The van der Waals surface area contributed by atoms with Crippen LogP contribution in [0.3, 0.4) is 0 Å². The van der Waals surface area contributed by atoms with Gasteiger partial charge >= 0.3 is 8.72 Å². The first kappa shape index (κ1) is 18.1. The summed E-state index contributed by atoms with van der Waals surface area (Å²) in [6, 6.07) is 0.994. The second-order valence-electron chi connectivity index (χ2n) is 5.62. The van der Waals surface area contributed by atoms with Crippen molar-refractivity contribution in [3.8, 4) is 0 Å². The maximum atomic E-state index is 6.13. The Hall–Kier alpha value is 0.0969. The first-order valence-electron chi connectivity index (χ1n) is 7.44. The summed E-state index contributed by atoms with van der Waals surface area (Å²) in [6.45, 7) is 19.0. The zero-order chi connectivity index (χ0) is 14.2. The monoisotopic (exact) mass is 275 g/mol. The highest BCUT2D eigenvalue weighted by atomic mass is 28.4. The summed E-state index contributed by atoms with van der Waals surface area (Å²) in [5, 5.41) is 0. The summed E-state index contributed by atoms with van der Waals surface area (Å²) in [5.41, 5.74) is 0. The first-order chi connectivity index (χ1) is 8.41. The summed E-state index contributed by atoms with van der Waals surface area (Å²) >= 11 is 0. The normalized spacial score (nSPS) is 13.0. The quantitative estimate of drug-likeness (QED) is 0.568. The van der Waals surface area contributed by atoms with Gasteiger partial charge in [-0.3, -0.25) is 4.57 Å². The van der Waals surface area contributed by atoms with Gasteiger partial charge in [0.2, 0.25) is 0 Å². The molecule has 0 aliphatic carbocycles. The van der Waals surface area contributed by atoms with E-state index in [1.165, 1.54) is 0 Å². The van der Waals surface area contributed by atoms with Crippen LogP contribution < -0.4 is 0 Å². The van der Waals surface area contributed by atoms with E-state index in [1.807, 2.05) is 0 Å². The Morgan fingerprint density at radius 3 is 1.44 bits per heavy atom. The second kappa shape index (κ2) is 9.07. The number of hydrogen-bond donors (Lipinski definition) is 0. The molecule has 0 unspecified atom stereocenters. The van der Waals surface area contributed by atoms with Crippen molar-refractivity contribution in [2.45, 2.75) is 54.5 Å². The lowest BCUT2D eigenvalue weighted by atomic mass is 10.2. The molecular formula is C14H33NO2Si. The smallest absolute Gasteiger partial charge is 0.383 e. The van der Waals surface area contributed by atoms with Gasteiger partial charge in [-0.25, -0.2) is 0 Å². The molecule has 0 saturated heterocycles. The van der Waals surface area contributed by atoms with Gasteiger partial charge < -0.3 is 8.85 Å². The molecule has 0 bridgehead atoms. The molecule has 0 radical (unpaired) electrons. The fraction of sp³-hybridized carbons (Fsp3) is 1.00. The second-order valence-corrected chi connectivity index (χ2v) is 8.97. The lowest BCUT2D eigenvalue weighted by Crippen LogP contribution is -2.60. The van der Waals surface area contributed by atoms with Crippen molar-refractivity contribution in [3.63, 3.8) is 0 Å². The van der Waals surface area contributed by atoms with Crippen LogP contribution in [0.25, 0.3) is 0 Å². The molecule has 0 rings (SSSR count). The van der Waals surface area contributed by atoms with E-state index in [4.69, 9.17) is 8.85 Å². The third-order valence-electron chi connectivity index (χ3n) is 2.84. The zero-order valence-electron chi connectivity index (χ0n) is 13.5. The van der Waals surface area contributed by atoms with E-state index in [9.17, 15) is 0 Å². The highest BCUT2D eigenvalue weighted by Crippen LogP contribution is 2.22. The number of hydrogen-bond acceptors (Lipinski definition) is 3. The lowest BCUT2D eigenvalue weighted by molar-refractivity contribution is 0.109. The van der Waals surface area contributed by atoms with Crippen molar-refractivity contribution in [1.29, 1.82) is 0 Å². The molecule has 18 heavy (non-hydrogen) atoms. The van der Waals surface area contributed by atoms with Crippen LogP contribution in [0.5, 0.6) is 0 Å². The van der Waals surface area contributed by atoms with Crippen LogP contribution in [0.1, 0.15) is 48.5 Å². The van der Waals surface area contributed by atoms with E-state index in [2.05, 4.69) is 53.0 Å². The van der Waals surface area contributed by atoms with E-state index < -0.39 is 8.72 Å². The topological polar surface area (TPSA) is 21.7 Å². The minimum absolute atomic E-state index is 0.642. The maximum absolute atomic E-state index is 6.13. The molecule has 4 heteroatoms. The van der Waals surface area contributed by atoms with Crippen molar-refractivity contribution in [1.82, 2.24) is 4.57 Å². The van der Waals surface area contributed by atoms with Crippen LogP contribution in [-0.4, -0.2) is 39.6 Å². The Balaban J connectivity index is 5.02.